The second-order valence-electron chi connectivity index (χ2n) is 7.77. The van der Waals surface area contributed by atoms with E-state index in [1.807, 2.05) is 72.7 Å². The van der Waals surface area contributed by atoms with Crippen LogP contribution in [-0.2, 0) is 17.9 Å². The molecule has 1 amide bonds. The van der Waals surface area contributed by atoms with Crippen molar-refractivity contribution >= 4 is 17.7 Å². The van der Waals surface area contributed by atoms with Crippen molar-refractivity contribution < 1.29 is 13.6 Å². The molecule has 0 bridgehead atoms. The van der Waals surface area contributed by atoms with E-state index in [2.05, 4.69) is 22.3 Å². The van der Waals surface area contributed by atoms with Crippen molar-refractivity contribution in [1.29, 1.82) is 0 Å². The molecule has 8 heteroatoms. The molecule has 0 unspecified atom stereocenters. The number of aryl methyl sites for hydroxylation is 1. The summed E-state index contributed by atoms with van der Waals surface area (Å²) < 4.78 is 13.2. The molecule has 0 aliphatic rings. The molecule has 4 aromatic rings. The van der Waals surface area contributed by atoms with E-state index < -0.39 is 0 Å². The van der Waals surface area contributed by atoms with Crippen LogP contribution in [0.15, 0.2) is 74.9 Å². The van der Waals surface area contributed by atoms with Crippen LogP contribution in [0, 0.1) is 6.92 Å². The minimum atomic E-state index is 0.0212. The number of hydrogen-bond donors (Lipinski definition) is 0. The van der Waals surface area contributed by atoms with Crippen LogP contribution in [0.4, 0.5) is 0 Å². The fourth-order valence-electron chi connectivity index (χ4n) is 3.40. The summed E-state index contributed by atoms with van der Waals surface area (Å²) in [5, 5.41) is 9.37. The van der Waals surface area contributed by atoms with Crippen LogP contribution in [0.3, 0.4) is 0 Å². The van der Waals surface area contributed by atoms with Gasteiger partial charge in [0.15, 0.2) is 10.9 Å². The minimum Gasteiger partial charge on any atom is -0.464 e. The number of rotatable bonds is 9. The summed E-state index contributed by atoms with van der Waals surface area (Å²) in [7, 11) is 0. The Morgan fingerprint density at radius 2 is 1.91 bits per heavy atom. The molecule has 0 aliphatic heterocycles. The smallest absolute Gasteiger partial charge is 0.233 e. The Morgan fingerprint density at radius 3 is 2.56 bits per heavy atom. The van der Waals surface area contributed by atoms with E-state index in [4.69, 9.17) is 8.83 Å². The number of carbonyl (C=O) groups is 1. The largest absolute Gasteiger partial charge is 0.464 e. The Bertz CT molecular complexity index is 1150. The summed E-state index contributed by atoms with van der Waals surface area (Å²) in [5.74, 6) is 3.17. The topological polar surface area (TPSA) is 77.3 Å². The van der Waals surface area contributed by atoms with Crippen molar-refractivity contribution in [3.63, 3.8) is 0 Å². The summed E-state index contributed by atoms with van der Waals surface area (Å²) in [6.07, 6.45) is 1.62. The Labute approximate surface area is 191 Å². The van der Waals surface area contributed by atoms with E-state index >= 15 is 0 Å². The molecule has 0 atom stereocenters. The second-order valence-corrected chi connectivity index (χ2v) is 8.71. The van der Waals surface area contributed by atoms with Gasteiger partial charge in [-0.05, 0) is 50.6 Å². The minimum absolute atomic E-state index is 0.0212. The standard InChI is InChI=1S/C24H26N4O3S/c1-17(2)27(15-20-12-11-18(3)31-20)22(29)16-32-24-26-25-23(21-10-7-13-30-21)28(24)14-19-8-5-4-6-9-19/h4-13,17H,14-16H2,1-3H3. The zero-order valence-corrected chi connectivity index (χ0v) is 19.2. The molecule has 3 aromatic heterocycles. The SMILES string of the molecule is Cc1ccc(CN(C(=O)CSc2nnc(-c3ccco3)n2Cc2ccccc2)C(C)C)o1. The van der Waals surface area contributed by atoms with Crippen molar-refractivity contribution in [2.75, 3.05) is 5.75 Å². The zero-order valence-electron chi connectivity index (χ0n) is 18.4. The summed E-state index contributed by atoms with van der Waals surface area (Å²) in [5.41, 5.74) is 1.12. The number of nitrogens with zero attached hydrogens (tertiary/aromatic N) is 4. The number of benzene rings is 1. The van der Waals surface area contributed by atoms with Crippen molar-refractivity contribution in [2.45, 2.75) is 45.1 Å². The predicted octanol–water partition coefficient (Wildman–Crippen LogP) is 5.02. The first kappa shape index (κ1) is 22.0. The van der Waals surface area contributed by atoms with Crippen molar-refractivity contribution in [1.82, 2.24) is 19.7 Å². The molecule has 0 saturated carbocycles. The van der Waals surface area contributed by atoms with Gasteiger partial charge < -0.3 is 13.7 Å². The zero-order chi connectivity index (χ0) is 22.5. The van der Waals surface area contributed by atoms with E-state index in [1.165, 1.54) is 11.8 Å². The fourth-order valence-corrected chi connectivity index (χ4v) is 4.22. The van der Waals surface area contributed by atoms with Gasteiger partial charge in [0.2, 0.25) is 11.7 Å². The van der Waals surface area contributed by atoms with Gasteiger partial charge in [-0.25, -0.2) is 0 Å². The summed E-state index contributed by atoms with van der Waals surface area (Å²) in [6, 6.07) is 17.6. The monoisotopic (exact) mass is 450 g/mol. The Hall–Kier alpha value is -3.26. The first-order chi connectivity index (χ1) is 15.5. The van der Waals surface area contributed by atoms with Crippen LogP contribution in [0.25, 0.3) is 11.6 Å². The van der Waals surface area contributed by atoms with Gasteiger partial charge in [-0.1, -0.05) is 42.1 Å². The molecule has 7 nitrogen and oxygen atoms in total. The first-order valence-corrected chi connectivity index (χ1v) is 11.5. The highest BCUT2D eigenvalue weighted by molar-refractivity contribution is 7.99. The molecular formula is C24H26N4O3S. The maximum atomic E-state index is 13.1. The van der Waals surface area contributed by atoms with E-state index in [-0.39, 0.29) is 17.7 Å². The van der Waals surface area contributed by atoms with Gasteiger partial charge in [-0.3, -0.25) is 9.36 Å². The molecule has 0 saturated heterocycles. The highest BCUT2D eigenvalue weighted by Gasteiger charge is 2.22. The molecular weight excluding hydrogens is 424 g/mol. The molecule has 32 heavy (non-hydrogen) atoms. The lowest BCUT2D eigenvalue weighted by Crippen LogP contribution is -2.37. The van der Waals surface area contributed by atoms with E-state index in [9.17, 15) is 4.79 Å². The highest BCUT2D eigenvalue weighted by atomic mass is 32.2. The number of aromatic nitrogens is 3. The first-order valence-electron chi connectivity index (χ1n) is 10.5. The number of furan rings is 2. The van der Waals surface area contributed by atoms with Gasteiger partial charge in [0.05, 0.1) is 25.1 Å². The molecule has 0 radical (unpaired) electrons. The van der Waals surface area contributed by atoms with E-state index in [0.717, 1.165) is 17.1 Å². The van der Waals surface area contributed by atoms with Crippen molar-refractivity contribution in [2.24, 2.45) is 0 Å². The Kier molecular flexibility index (Phi) is 6.80. The average Bonchev–Trinajstić information content (AvgIpc) is 3.52. The molecule has 166 valence electrons. The van der Waals surface area contributed by atoms with Crippen LogP contribution in [-0.4, -0.2) is 37.4 Å². The quantitative estimate of drug-likeness (QED) is 0.333. The molecule has 1 aromatic carbocycles. The summed E-state index contributed by atoms with van der Waals surface area (Å²) in [6.45, 7) is 6.94. The fraction of sp³-hybridized carbons (Fsp3) is 0.292. The second kappa shape index (κ2) is 9.91. The van der Waals surface area contributed by atoms with Crippen LogP contribution in [0.1, 0.15) is 30.9 Å². The lowest BCUT2D eigenvalue weighted by molar-refractivity contribution is -0.130. The van der Waals surface area contributed by atoms with Crippen molar-refractivity contribution in [3.05, 3.63) is 77.9 Å². The molecule has 0 N–H and O–H groups in total. The molecule has 0 spiro atoms. The molecule has 4 rings (SSSR count). The third-order valence-corrected chi connectivity index (χ3v) is 5.98. The molecule has 0 fully saturated rings. The van der Waals surface area contributed by atoms with Gasteiger partial charge in [0, 0.05) is 6.04 Å². The summed E-state index contributed by atoms with van der Waals surface area (Å²) in [4.78, 5) is 14.9. The van der Waals surface area contributed by atoms with Gasteiger partial charge in [0.25, 0.3) is 0 Å². The highest BCUT2D eigenvalue weighted by Crippen LogP contribution is 2.26. The van der Waals surface area contributed by atoms with Gasteiger partial charge >= 0.3 is 0 Å². The van der Waals surface area contributed by atoms with Gasteiger partial charge in [-0.2, -0.15) is 0 Å². The average molecular weight is 451 g/mol. The third kappa shape index (κ3) is 5.13. The number of thioether (sulfide) groups is 1. The van der Waals surface area contributed by atoms with Crippen molar-refractivity contribution in [3.8, 4) is 11.6 Å². The van der Waals surface area contributed by atoms with E-state index in [0.29, 0.717) is 29.8 Å². The number of amides is 1. The Balaban J connectivity index is 1.52. The maximum absolute atomic E-state index is 13.1. The molecule has 3 heterocycles. The van der Waals surface area contributed by atoms with Crippen LogP contribution >= 0.6 is 11.8 Å². The van der Waals surface area contributed by atoms with Crippen LogP contribution < -0.4 is 0 Å². The number of carbonyl (C=O) groups excluding carboxylic acids is 1. The van der Waals surface area contributed by atoms with Crippen LogP contribution in [0.5, 0.6) is 0 Å². The third-order valence-electron chi connectivity index (χ3n) is 5.03. The number of hydrogen-bond acceptors (Lipinski definition) is 6. The van der Waals surface area contributed by atoms with E-state index in [1.54, 1.807) is 6.26 Å². The normalized spacial score (nSPS) is 11.2. The lowest BCUT2D eigenvalue weighted by atomic mass is 10.2. The van der Waals surface area contributed by atoms with Crippen LogP contribution in [0.2, 0.25) is 0 Å². The molecule has 0 aliphatic carbocycles. The maximum Gasteiger partial charge on any atom is 0.233 e. The Morgan fingerprint density at radius 1 is 1.09 bits per heavy atom. The van der Waals surface area contributed by atoms with Gasteiger partial charge in [0.1, 0.15) is 11.5 Å². The van der Waals surface area contributed by atoms with Gasteiger partial charge in [-0.15, -0.1) is 10.2 Å². The predicted molar refractivity (Wildman–Crippen MR) is 123 cm³/mol. The summed E-state index contributed by atoms with van der Waals surface area (Å²) >= 11 is 1.38. The lowest BCUT2D eigenvalue weighted by Gasteiger charge is -2.25.